The van der Waals surface area contributed by atoms with Crippen molar-refractivity contribution in [2.24, 2.45) is 5.92 Å². The third-order valence-electron chi connectivity index (χ3n) is 4.75. The fourth-order valence-corrected chi connectivity index (χ4v) is 3.26. The van der Waals surface area contributed by atoms with Crippen molar-refractivity contribution in [1.82, 2.24) is 9.88 Å². The molecule has 0 saturated carbocycles. The molecule has 0 aromatic carbocycles. The van der Waals surface area contributed by atoms with Crippen molar-refractivity contribution in [2.45, 2.75) is 32.0 Å². The lowest BCUT2D eigenvalue weighted by atomic mass is 9.78. The number of ether oxygens (including phenoxy) is 1. The predicted octanol–water partition coefficient (Wildman–Crippen LogP) is 2.50. The van der Waals surface area contributed by atoms with Gasteiger partial charge >= 0.3 is 0 Å². The van der Waals surface area contributed by atoms with Crippen molar-refractivity contribution in [1.29, 1.82) is 0 Å². The minimum Gasteiger partial charge on any atom is -0.378 e. The molecule has 1 aromatic heterocycles. The molecule has 2 fully saturated rings. The van der Waals surface area contributed by atoms with E-state index in [4.69, 9.17) is 4.74 Å². The van der Waals surface area contributed by atoms with Gasteiger partial charge in [-0.15, -0.1) is 5.92 Å². The Labute approximate surface area is 129 Å². The highest BCUT2D eigenvalue weighted by molar-refractivity contribution is 5.37. The first-order valence-electron chi connectivity index (χ1n) is 7.64. The van der Waals surface area contributed by atoms with Gasteiger partial charge in [-0.1, -0.05) is 12.8 Å². The van der Waals surface area contributed by atoms with E-state index in [0.717, 1.165) is 0 Å². The quantitative estimate of drug-likeness (QED) is 0.620. The molecule has 1 aromatic rings. The van der Waals surface area contributed by atoms with Gasteiger partial charge in [0, 0.05) is 36.3 Å². The number of piperidine rings is 1. The zero-order valence-corrected chi connectivity index (χ0v) is 12.9. The fourth-order valence-electron chi connectivity index (χ4n) is 3.26. The molecular formula is C17H20F2N2O. The zero-order valence-electron chi connectivity index (χ0n) is 12.9. The molecule has 2 atom stereocenters. The molecule has 0 unspecified atom stereocenters. The molecule has 2 aliphatic heterocycles. The summed E-state index contributed by atoms with van der Waals surface area (Å²) in [5.74, 6) is 4.53. The second kappa shape index (κ2) is 5.94. The molecule has 0 bridgehead atoms. The van der Waals surface area contributed by atoms with Crippen LogP contribution in [0.1, 0.15) is 31.4 Å². The number of hydrogen-bond acceptors (Lipinski definition) is 3. The molecule has 0 amide bonds. The van der Waals surface area contributed by atoms with E-state index in [1.54, 1.807) is 6.92 Å². The number of alkyl halides is 1. The summed E-state index contributed by atoms with van der Waals surface area (Å²) < 4.78 is 34.9. The van der Waals surface area contributed by atoms with E-state index in [1.807, 2.05) is 6.92 Å². The third kappa shape index (κ3) is 2.62. The standard InChI is InChI=1S/C17H20F2N2O/c1-3-4-13-7-15(16(18)20-8-13)17(19)5-6-21(9-12(17)2)14-10-22-11-14/h7-8,12,14H,5-6,9-11H2,1-2H3/t12-,17+/m0/s1. The Morgan fingerprint density at radius 3 is 2.82 bits per heavy atom. The number of hydrogen-bond donors (Lipinski definition) is 0. The third-order valence-corrected chi connectivity index (χ3v) is 4.75. The van der Waals surface area contributed by atoms with E-state index in [0.29, 0.717) is 37.9 Å². The van der Waals surface area contributed by atoms with Crippen LogP contribution in [0, 0.1) is 23.7 Å². The van der Waals surface area contributed by atoms with E-state index < -0.39 is 11.6 Å². The first-order valence-corrected chi connectivity index (χ1v) is 7.64. The Morgan fingerprint density at radius 2 is 2.23 bits per heavy atom. The van der Waals surface area contributed by atoms with Crippen LogP contribution in [0.5, 0.6) is 0 Å². The first kappa shape index (κ1) is 15.4. The molecule has 5 heteroatoms. The van der Waals surface area contributed by atoms with Crippen molar-refractivity contribution < 1.29 is 13.5 Å². The second-order valence-electron chi connectivity index (χ2n) is 6.14. The molecule has 0 aliphatic carbocycles. The number of halogens is 2. The summed E-state index contributed by atoms with van der Waals surface area (Å²) in [4.78, 5) is 5.93. The molecule has 2 aliphatic rings. The monoisotopic (exact) mass is 306 g/mol. The fraction of sp³-hybridized carbons (Fsp3) is 0.588. The van der Waals surface area contributed by atoms with Crippen LogP contribution in [0.2, 0.25) is 0 Å². The van der Waals surface area contributed by atoms with Gasteiger partial charge in [0.15, 0.2) is 0 Å². The number of rotatable bonds is 2. The summed E-state index contributed by atoms with van der Waals surface area (Å²) in [7, 11) is 0. The van der Waals surface area contributed by atoms with Crippen molar-refractivity contribution in [2.75, 3.05) is 26.3 Å². The topological polar surface area (TPSA) is 25.4 Å². The Kier molecular flexibility index (Phi) is 4.16. The van der Waals surface area contributed by atoms with E-state index in [2.05, 4.69) is 21.7 Å². The van der Waals surface area contributed by atoms with Gasteiger partial charge in [0.25, 0.3) is 0 Å². The molecule has 118 valence electrons. The van der Waals surface area contributed by atoms with Gasteiger partial charge in [-0.3, -0.25) is 4.90 Å². The SMILES string of the molecule is CC#Cc1cnc(F)c([C@@]2(F)CCN(C3COC3)C[C@@H]2C)c1. The van der Waals surface area contributed by atoms with Crippen molar-refractivity contribution in [3.05, 3.63) is 29.3 Å². The molecule has 0 spiro atoms. The molecule has 3 heterocycles. The van der Waals surface area contributed by atoms with Crippen LogP contribution in [0.3, 0.4) is 0 Å². The van der Waals surface area contributed by atoms with E-state index in [-0.39, 0.29) is 17.9 Å². The molecule has 3 rings (SSSR count). The van der Waals surface area contributed by atoms with Crippen LogP contribution >= 0.6 is 0 Å². The lowest BCUT2D eigenvalue weighted by molar-refractivity contribution is -0.101. The highest BCUT2D eigenvalue weighted by Crippen LogP contribution is 2.42. The van der Waals surface area contributed by atoms with Gasteiger partial charge in [0.05, 0.1) is 19.3 Å². The maximum Gasteiger partial charge on any atom is 0.219 e. The van der Waals surface area contributed by atoms with Gasteiger partial charge in [-0.2, -0.15) is 4.39 Å². The smallest absolute Gasteiger partial charge is 0.219 e. The molecular weight excluding hydrogens is 286 g/mol. The van der Waals surface area contributed by atoms with Crippen LogP contribution in [0.4, 0.5) is 8.78 Å². The van der Waals surface area contributed by atoms with E-state index in [1.165, 1.54) is 12.3 Å². The van der Waals surface area contributed by atoms with Crippen molar-refractivity contribution in [3.63, 3.8) is 0 Å². The summed E-state index contributed by atoms with van der Waals surface area (Å²) >= 11 is 0. The average Bonchev–Trinajstić information content (AvgIpc) is 2.43. The first-order chi connectivity index (χ1) is 10.5. The van der Waals surface area contributed by atoms with Crippen LogP contribution in [-0.4, -0.2) is 42.2 Å². The molecule has 0 radical (unpaired) electrons. The number of likely N-dealkylation sites (tertiary alicyclic amines) is 1. The Hall–Kier alpha value is -1.51. The van der Waals surface area contributed by atoms with Crippen LogP contribution < -0.4 is 0 Å². The van der Waals surface area contributed by atoms with Gasteiger partial charge in [0.2, 0.25) is 5.95 Å². The average molecular weight is 306 g/mol. The number of nitrogens with zero attached hydrogens (tertiary/aromatic N) is 2. The van der Waals surface area contributed by atoms with Gasteiger partial charge in [-0.25, -0.2) is 9.37 Å². The number of pyridine rings is 1. The summed E-state index contributed by atoms with van der Waals surface area (Å²) in [5, 5.41) is 0. The molecule has 22 heavy (non-hydrogen) atoms. The summed E-state index contributed by atoms with van der Waals surface area (Å²) in [6.07, 6.45) is 1.62. The molecule has 3 nitrogen and oxygen atoms in total. The Bertz CT molecular complexity index is 621. The van der Waals surface area contributed by atoms with Crippen LogP contribution in [0.25, 0.3) is 0 Å². The largest absolute Gasteiger partial charge is 0.378 e. The number of aromatic nitrogens is 1. The Balaban J connectivity index is 1.86. The van der Waals surface area contributed by atoms with Gasteiger partial charge < -0.3 is 4.74 Å². The summed E-state index contributed by atoms with van der Waals surface area (Å²) in [6, 6.07) is 1.89. The minimum absolute atomic E-state index is 0.0461. The molecule has 2 saturated heterocycles. The van der Waals surface area contributed by atoms with Crippen LogP contribution in [-0.2, 0) is 10.4 Å². The highest BCUT2D eigenvalue weighted by Gasteiger charge is 2.46. The zero-order chi connectivity index (χ0) is 15.7. The van der Waals surface area contributed by atoms with Crippen LogP contribution in [0.15, 0.2) is 12.3 Å². The minimum atomic E-state index is -1.69. The molecule has 0 N–H and O–H groups in total. The van der Waals surface area contributed by atoms with Gasteiger partial charge in [-0.05, 0) is 19.4 Å². The second-order valence-corrected chi connectivity index (χ2v) is 6.14. The lowest BCUT2D eigenvalue weighted by Gasteiger charge is -2.46. The summed E-state index contributed by atoms with van der Waals surface area (Å²) in [6.45, 7) is 6.16. The Morgan fingerprint density at radius 1 is 1.45 bits per heavy atom. The van der Waals surface area contributed by atoms with Crippen molar-refractivity contribution in [3.8, 4) is 11.8 Å². The van der Waals surface area contributed by atoms with E-state index in [9.17, 15) is 4.39 Å². The highest BCUT2D eigenvalue weighted by atomic mass is 19.1. The van der Waals surface area contributed by atoms with Gasteiger partial charge in [0.1, 0.15) is 5.67 Å². The normalized spacial score (nSPS) is 29.5. The van der Waals surface area contributed by atoms with Crippen molar-refractivity contribution >= 4 is 0 Å². The maximum atomic E-state index is 15.6. The summed E-state index contributed by atoms with van der Waals surface area (Å²) in [5.41, 5.74) is -1.09. The predicted molar refractivity (Wildman–Crippen MR) is 79.5 cm³/mol. The van der Waals surface area contributed by atoms with E-state index >= 15 is 4.39 Å². The lowest BCUT2D eigenvalue weighted by Crippen LogP contribution is -2.56. The maximum absolute atomic E-state index is 15.6.